The Bertz CT molecular complexity index is 611. The highest BCUT2D eigenvalue weighted by molar-refractivity contribution is 7.90. The summed E-state index contributed by atoms with van der Waals surface area (Å²) < 4.78 is 72.3. The average molecular weight is 313 g/mol. The number of carbonyl (C=O) groups is 1. The molecule has 0 saturated carbocycles. The van der Waals surface area contributed by atoms with E-state index in [-0.39, 0.29) is 12.3 Å². The molecular formula is C11H11F4NO3S. The summed E-state index contributed by atoms with van der Waals surface area (Å²) in [5, 5.41) is 2.05. The van der Waals surface area contributed by atoms with Crippen LogP contribution in [0.4, 0.5) is 17.6 Å². The molecule has 0 radical (unpaired) electrons. The molecule has 0 aliphatic heterocycles. The Hall–Kier alpha value is -1.64. The first-order valence-corrected chi connectivity index (χ1v) is 7.39. The van der Waals surface area contributed by atoms with Gasteiger partial charge in [0.1, 0.15) is 15.7 Å². The van der Waals surface area contributed by atoms with E-state index in [4.69, 9.17) is 0 Å². The third kappa shape index (κ3) is 4.80. The van der Waals surface area contributed by atoms with Crippen molar-refractivity contribution in [1.29, 1.82) is 0 Å². The van der Waals surface area contributed by atoms with E-state index < -0.39 is 38.9 Å². The van der Waals surface area contributed by atoms with E-state index in [1.54, 1.807) is 0 Å². The van der Waals surface area contributed by atoms with Gasteiger partial charge in [0.2, 0.25) is 0 Å². The number of halogens is 4. The minimum Gasteiger partial charge on any atom is -0.351 e. The summed E-state index contributed by atoms with van der Waals surface area (Å²) in [6.45, 7) is -0.312. The van der Waals surface area contributed by atoms with Gasteiger partial charge in [0.25, 0.3) is 5.91 Å². The number of sulfone groups is 1. The van der Waals surface area contributed by atoms with Gasteiger partial charge in [0.05, 0.1) is 16.9 Å². The van der Waals surface area contributed by atoms with Crippen molar-refractivity contribution in [3.05, 3.63) is 35.1 Å². The van der Waals surface area contributed by atoms with Crippen LogP contribution in [-0.2, 0) is 16.0 Å². The van der Waals surface area contributed by atoms with Crippen LogP contribution in [0.5, 0.6) is 0 Å². The van der Waals surface area contributed by atoms with Gasteiger partial charge in [-0.05, 0) is 18.2 Å². The molecule has 0 spiro atoms. The largest absolute Gasteiger partial charge is 0.416 e. The maximum absolute atomic E-state index is 13.3. The van der Waals surface area contributed by atoms with E-state index in [2.05, 4.69) is 0 Å². The first-order valence-electron chi connectivity index (χ1n) is 5.33. The van der Waals surface area contributed by atoms with E-state index >= 15 is 0 Å². The second kappa shape index (κ2) is 5.78. The van der Waals surface area contributed by atoms with E-state index in [1.165, 1.54) is 0 Å². The number of alkyl halides is 3. The number of hydrogen-bond acceptors (Lipinski definition) is 3. The van der Waals surface area contributed by atoms with Crippen LogP contribution in [0, 0.1) is 5.82 Å². The third-order valence-corrected chi connectivity index (χ3v) is 3.24. The van der Waals surface area contributed by atoms with Crippen molar-refractivity contribution in [1.82, 2.24) is 5.32 Å². The molecule has 0 aromatic heterocycles. The fourth-order valence-corrected chi connectivity index (χ4v) is 1.79. The Morgan fingerprint density at radius 3 is 2.40 bits per heavy atom. The molecule has 0 saturated heterocycles. The highest BCUT2D eigenvalue weighted by atomic mass is 32.2. The highest BCUT2D eigenvalue weighted by Crippen LogP contribution is 2.30. The van der Waals surface area contributed by atoms with Gasteiger partial charge in [-0.2, -0.15) is 13.2 Å². The lowest BCUT2D eigenvalue weighted by molar-refractivity contribution is -0.137. The van der Waals surface area contributed by atoms with Gasteiger partial charge in [0, 0.05) is 12.8 Å². The van der Waals surface area contributed by atoms with Crippen molar-refractivity contribution in [2.24, 2.45) is 0 Å². The lowest BCUT2D eigenvalue weighted by atomic mass is 10.1. The number of hydrogen-bond donors (Lipinski definition) is 1. The molecule has 1 N–H and O–H groups in total. The molecule has 1 amide bonds. The highest BCUT2D eigenvalue weighted by Gasteiger charge is 2.31. The summed E-state index contributed by atoms with van der Waals surface area (Å²) in [4.78, 5) is 11.5. The molecule has 0 bridgehead atoms. The fourth-order valence-electron chi connectivity index (χ4n) is 1.32. The van der Waals surface area contributed by atoms with Gasteiger partial charge in [-0.15, -0.1) is 0 Å². The minimum atomic E-state index is -4.70. The molecule has 1 aromatic rings. The van der Waals surface area contributed by atoms with Crippen molar-refractivity contribution >= 4 is 15.7 Å². The number of benzene rings is 1. The summed E-state index contributed by atoms with van der Waals surface area (Å²) in [5.41, 5.74) is -1.94. The molecule has 0 atom stereocenters. The van der Waals surface area contributed by atoms with Crippen LogP contribution in [0.2, 0.25) is 0 Å². The van der Waals surface area contributed by atoms with E-state index in [0.717, 1.165) is 6.26 Å². The Kier molecular flexibility index (Phi) is 4.74. The van der Waals surface area contributed by atoms with E-state index in [1.807, 2.05) is 5.32 Å². The van der Waals surface area contributed by atoms with Crippen LogP contribution in [0.3, 0.4) is 0 Å². The molecular weight excluding hydrogens is 302 g/mol. The molecule has 0 aliphatic carbocycles. The zero-order valence-corrected chi connectivity index (χ0v) is 11.1. The van der Waals surface area contributed by atoms with Gasteiger partial charge in [-0.25, -0.2) is 12.8 Å². The standard InChI is InChI=1S/C11H11F4NO3S/c1-20(18,19)5-4-16-10(17)8-6-7(11(13,14)15)2-3-9(8)12/h2-3,6H,4-5H2,1H3,(H,16,17). The first kappa shape index (κ1) is 16.4. The van der Waals surface area contributed by atoms with Crippen molar-refractivity contribution < 1.29 is 30.8 Å². The molecule has 20 heavy (non-hydrogen) atoms. The van der Waals surface area contributed by atoms with Crippen molar-refractivity contribution in [3.8, 4) is 0 Å². The van der Waals surface area contributed by atoms with Crippen LogP contribution in [0.25, 0.3) is 0 Å². The van der Waals surface area contributed by atoms with Gasteiger partial charge in [0.15, 0.2) is 0 Å². The predicted octanol–water partition coefficient (Wildman–Crippen LogP) is 1.62. The Morgan fingerprint density at radius 2 is 1.90 bits per heavy atom. The minimum absolute atomic E-state index is 0.312. The maximum Gasteiger partial charge on any atom is 0.416 e. The summed E-state index contributed by atoms with van der Waals surface area (Å²) in [5.74, 6) is -2.61. The number of amides is 1. The summed E-state index contributed by atoms with van der Waals surface area (Å²) >= 11 is 0. The molecule has 0 fully saturated rings. The zero-order valence-electron chi connectivity index (χ0n) is 10.3. The predicted molar refractivity (Wildman–Crippen MR) is 63.4 cm³/mol. The zero-order chi connectivity index (χ0) is 15.6. The number of rotatable bonds is 4. The van der Waals surface area contributed by atoms with Gasteiger partial charge in [-0.1, -0.05) is 0 Å². The monoisotopic (exact) mass is 313 g/mol. The second-order valence-corrected chi connectivity index (χ2v) is 6.34. The summed E-state index contributed by atoms with van der Waals surface area (Å²) in [7, 11) is -3.33. The average Bonchev–Trinajstić information content (AvgIpc) is 2.25. The Labute approximate surface area is 112 Å². The topological polar surface area (TPSA) is 63.2 Å². The molecule has 0 unspecified atom stereocenters. The molecule has 9 heteroatoms. The van der Waals surface area contributed by atoms with Crippen LogP contribution in [0.15, 0.2) is 18.2 Å². The van der Waals surface area contributed by atoms with Gasteiger partial charge in [-0.3, -0.25) is 4.79 Å². The van der Waals surface area contributed by atoms with Crippen molar-refractivity contribution in [3.63, 3.8) is 0 Å². The van der Waals surface area contributed by atoms with Crippen molar-refractivity contribution in [2.75, 3.05) is 18.6 Å². The van der Waals surface area contributed by atoms with Crippen LogP contribution >= 0.6 is 0 Å². The molecule has 0 aliphatic rings. The van der Waals surface area contributed by atoms with Crippen LogP contribution in [-0.4, -0.2) is 32.9 Å². The Morgan fingerprint density at radius 1 is 1.30 bits per heavy atom. The van der Waals surface area contributed by atoms with E-state index in [9.17, 15) is 30.8 Å². The second-order valence-electron chi connectivity index (χ2n) is 4.08. The quantitative estimate of drug-likeness (QED) is 0.859. The number of carbonyl (C=O) groups excluding carboxylic acids is 1. The van der Waals surface area contributed by atoms with Crippen molar-refractivity contribution in [2.45, 2.75) is 6.18 Å². The van der Waals surface area contributed by atoms with Crippen LogP contribution in [0.1, 0.15) is 15.9 Å². The van der Waals surface area contributed by atoms with E-state index in [0.29, 0.717) is 18.2 Å². The Balaban J connectivity index is 2.87. The lowest BCUT2D eigenvalue weighted by Gasteiger charge is -2.10. The third-order valence-electron chi connectivity index (χ3n) is 2.30. The lowest BCUT2D eigenvalue weighted by Crippen LogP contribution is -2.29. The fraction of sp³-hybridized carbons (Fsp3) is 0.364. The molecule has 1 rings (SSSR count). The normalized spacial score (nSPS) is 12.2. The summed E-state index contributed by atoms with van der Waals surface area (Å²) in [6, 6.07) is 1.43. The molecule has 4 nitrogen and oxygen atoms in total. The maximum atomic E-state index is 13.3. The summed E-state index contributed by atoms with van der Waals surface area (Å²) in [6.07, 6.45) is -3.76. The van der Waals surface area contributed by atoms with Gasteiger partial charge >= 0.3 is 6.18 Å². The van der Waals surface area contributed by atoms with Crippen LogP contribution < -0.4 is 5.32 Å². The number of nitrogens with one attached hydrogen (secondary N) is 1. The molecule has 0 heterocycles. The molecule has 1 aromatic carbocycles. The smallest absolute Gasteiger partial charge is 0.351 e. The molecule has 112 valence electrons. The first-order chi connectivity index (χ1) is 9.00. The van der Waals surface area contributed by atoms with Gasteiger partial charge < -0.3 is 5.32 Å². The SMILES string of the molecule is CS(=O)(=O)CCNC(=O)c1cc(C(F)(F)F)ccc1F.